The first kappa shape index (κ1) is 19.1. The van der Waals surface area contributed by atoms with Crippen molar-refractivity contribution in [1.82, 2.24) is 10.3 Å². The highest BCUT2D eigenvalue weighted by Gasteiger charge is 2.19. The maximum atomic E-state index is 12.4. The minimum Gasteiger partial charge on any atom is -0.273 e. The third-order valence-corrected chi connectivity index (χ3v) is 5.33. The van der Waals surface area contributed by atoms with Crippen LogP contribution in [-0.4, -0.2) is 14.3 Å². The van der Waals surface area contributed by atoms with E-state index in [9.17, 15) is 13.2 Å². The summed E-state index contributed by atoms with van der Waals surface area (Å²) in [7, 11) is -3.83. The molecule has 6 heteroatoms. The van der Waals surface area contributed by atoms with Crippen molar-refractivity contribution in [3.63, 3.8) is 0 Å². The molecule has 0 fully saturated rings. The van der Waals surface area contributed by atoms with Gasteiger partial charge in [-0.15, -0.1) is 4.83 Å². The van der Waals surface area contributed by atoms with E-state index in [1.54, 1.807) is 31.2 Å². The van der Waals surface area contributed by atoms with Crippen molar-refractivity contribution in [3.05, 3.63) is 64.7 Å². The van der Waals surface area contributed by atoms with E-state index >= 15 is 0 Å². The third-order valence-electron chi connectivity index (χ3n) is 3.95. The van der Waals surface area contributed by atoms with Crippen LogP contribution in [0.5, 0.6) is 0 Å². The number of benzene rings is 2. The van der Waals surface area contributed by atoms with E-state index in [0.29, 0.717) is 11.1 Å². The van der Waals surface area contributed by atoms with E-state index in [1.807, 2.05) is 25.1 Å². The molecule has 5 nitrogen and oxygen atoms in total. The van der Waals surface area contributed by atoms with Crippen molar-refractivity contribution >= 4 is 15.9 Å². The second kappa shape index (κ2) is 6.98. The minimum absolute atomic E-state index is 0.0146. The van der Waals surface area contributed by atoms with Crippen molar-refractivity contribution in [2.75, 3.05) is 0 Å². The van der Waals surface area contributed by atoms with E-state index in [4.69, 9.17) is 0 Å². The second-order valence-electron chi connectivity index (χ2n) is 7.16. The quantitative estimate of drug-likeness (QED) is 0.822. The lowest BCUT2D eigenvalue weighted by Gasteiger charge is -2.19. The third kappa shape index (κ3) is 4.67. The second-order valence-corrected chi connectivity index (χ2v) is 8.81. The first-order chi connectivity index (χ1) is 11.5. The van der Waals surface area contributed by atoms with Crippen molar-refractivity contribution in [2.45, 2.75) is 44.9 Å². The number of nitrogens with one attached hydrogen (secondary N) is 2. The van der Waals surface area contributed by atoms with Crippen LogP contribution in [0, 0.1) is 13.8 Å². The van der Waals surface area contributed by atoms with Crippen LogP contribution in [-0.2, 0) is 15.4 Å². The molecule has 0 radical (unpaired) electrons. The Bertz CT molecular complexity index is 880. The van der Waals surface area contributed by atoms with E-state index in [1.165, 1.54) is 0 Å². The highest BCUT2D eigenvalue weighted by atomic mass is 32.2. The Balaban J connectivity index is 2.12. The number of hydrogen-bond acceptors (Lipinski definition) is 3. The fraction of sp³-hybridized carbons (Fsp3) is 0.316. The number of sulfonamides is 1. The monoisotopic (exact) mass is 360 g/mol. The van der Waals surface area contributed by atoms with Gasteiger partial charge in [0, 0.05) is 5.56 Å². The van der Waals surface area contributed by atoms with Crippen LogP contribution in [0.3, 0.4) is 0 Å². The molecule has 2 aromatic rings. The van der Waals surface area contributed by atoms with Gasteiger partial charge in [-0.1, -0.05) is 45.0 Å². The number of aryl methyl sites for hydroxylation is 2. The number of hydrazine groups is 1. The predicted octanol–water partition coefficient (Wildman–Crippen LogP) is 3.22. The van der Waals surface area contributed by atoms with Gasteiger partial charge in [0.25, 0.3) is 15.9 Å². The van der Waals surface area contributed by atoms with Crippen LogP contribution in [0.2, 0.25) is 0 Å². The molecule has 0 spiro atoms. The lowest BCUT2D eigenvalue weighted by molar-refractivity contribution is 0.0945. The van der Waals surface area contributed by atoms with Gasteiger partial charge in [0.05, 0.1) is 4.90 Å². The van der Waals surface area contributed by atoms with Gasteiger partial charge in [-0.3, -0.25) is 10.2 Å². The summed E-state index contributed by atoms with van der Waals surface area (Å²) >= 11 is 0. The van der Waals surface area contributed by atoms with Crippen LogP contribution in [0.4, 0.5) is 0 Å². The lowest BCUT2D eigenvalue weighted by Crippen LogP contribution is -2.41. The standard InChI is InChI=1S/C19H24N2O3S/c1-13-6-7-14(2)17(12-13)25(23,24)21-20-18(22)15-8-10-16(11-9-15)19(3,4)5/h6-12,21H,1-5H3,(H,20,22). The maximum Gasteiger partial charge on any atom is 0.266 e. The van der Waals surface area contributed by atoms with Gasteiger partial charge < -0.3 is 0 Å². The molecule has 0 aliphatic rings. The van der Waals surface area contributed by atoms with Crippen molar-refractivity contribution in [2.24, 2.45) is 0 Å². The smallest absolute Gasteiger partial charge is 0.266 e. The van der Waals surface area contributed by atoms with E-state index in [-0.39, 0.29) is 10.3 Å². The Morgan fingerprint density at radius 3 is 2.12 bits per heavy atom. The Labute approximate surface area is 149 Å². The molecule has 0 unspecified atom stereocenters. The number of amides is 1. The molecular weight excluding hydrogens is 336 g/mol. The average molecular weight is 360 g/mol. The first-order valence-corrected chi connectivity index (χ1v) is 9.49. The number of carbonyl (C=O) groups excluding carboxylic acids is 1. The molecule has 25 heavy (non-hydrogen) atoms. The predicted molar refractivity (Wildman–Crippen MR) is 98.8 cm³/mol. The summed E-state index contributed by atoms with van der Waals surface area (Å²) in [6.45, 7) is 9.77. The van der Waals surface area contributed by atoms with Gasteiger partial charge in [0.15, 0.2) is 0 Å². The fourth-order valence-electron chi connectivity index (χ4n) is 2.36. The Morgan fingerprint density at radius 2 is 1.56 bits per heavy atom. The van der Waals surface area contributed by atoms with Crippen LogP contribution in [0.1, 0.15) is 47.8 Å². The Hall–Kier alpha value is -2.18. The molecular formula is C19H24N2O3S. The minimum atomic E-state index is -3.83. The molecule has 0 bridgehead atoms. The molecule has 0 heterocycles. The topological polar surface area (TPSA) is 75.3 Å². The zero-order valence-corrected chi connectivity index (χ0v) is 16.0. The van der Waals surface area contributed by atoms with Gasteiger partial charge in [-0.25, -0.2) is 8.42 Å². The van der Waals surface area contributed by atoms with Gasteiger partial charge in [0.1, 0.15) is 0 Å². The summed E-state index contributed by atoms with van der Waals surface area (Å²) in [5.74, 6) is -0.505. The van der Waals surface area contributed by atoms with Crippen LogP contribution >= 0.6 is 0 Å². The SMILES string of the molecule is Cc1ccc(C)c(S(=O)(=O)NNC(=O)c2ccc(C(C)(C)C)cc2)c1. The molecule has 2 N–H and O–H groups in total. The number of carbonyl (C=O) groups is 1. The number of rotatable bonds is 4. The molecule has 0 saturated heterocycles. The summed E-state index contributed by atoms with van der Waals surface area (Å²) in [5, 5.41) is 0. The van der Waals surface area contributed by atoms with E-state index < -0.39 is 15.9 Å². The van der Waals surface area contributed by atoms with E-state index in [0.717, 1.165) is 11.1 Å². The number of hydrogen-bond donors (Lipinski definition) is 2. The highest BCUT2D eigenvalue weighted by molar-refractivity contribution is 7.89. The molecule has 0 aliphatic carbocycles. The van der Waals surface area contributed by atoms with Gasteiger partial charge in [0.2, 0.25) is 0 Å². The molecule has 1 amide bonds. The van der Waals surface area contributed by atoms with Crippen molar-refractivity contribution in [1.29, 1.82) is 0 Å². The lowest BCUT2D eigenvalue weighted by atomic mass is 9.87. The normalized spacial score (nSPS) is 12.0. The van der Waals surface area contributed by atoms with Gasteiger partial charge in [-0.2, -0.15) is 0 Å². The first-order valence-electron chi connectivity index (χ1n) is 8.01. The average Bonchev–Trinajstić information content (AvgIpc) is 2.54. The van der Waals surface area contributed by atoms with Gasteiger partial charge >= 0.3 is 0 Å². The Morgan fingerprint density at radius 1 is 0.960 bits per heavy atom. The van der Waals surface area contributed by atoms with Crippen molar-refractivity contribution < 1.29 is 13.2 Å². The molecule has 2 aromatic carbocycles. The highest BCUT2D eigenvalue weighted by Crippen LogP contribution is 2.22. The van der Waals surface area contributed by atoms with Gasteiger partial charge in [-0.05, 0) is 54.2 Å². The summed E-state index contributed by atoms with van der Waals surface area (Å²) in [6.07, 6.45) is 0. The molecule has 0 aromatic heterocycles. The summed E-state index contributed by atoms with van der Waals surface area (Å²) < 4.78 is 24.8. The fourth-order valence-corrected chi connectivity index (χ4v) is 3.53. The molecule has 2 rings (SSSR count). The summed E-state index contributed by atoms with van der Waals surface area (Å²) in [6, 6.07) is 12.2. The summed E-state index contributed by atoms with van der Waals surface area (Å²) in [5.41, 5.74) is 5.18. The maximum absolute atomic E-state index is 12.4. The largest absolute Gasteiger partial charge is 0.273 e. The van der Waals surface area contributed by atoms with Crippen molar-refractivity contribution in [3.8, 4) is 0 Å². The summed E-state index contributed by atoms with van der Waals surface area (Å²) in [4.78, 5) is 14.5. The molecule has 134 valence electrons. The zero-order valence-electron chi connectivity index (χ0n) is 15.2. The molecule has 0 saturated carbocycles. The van der Waals surface area contributed by atoms with Crippen LogP contribution < -0.4 is 10.3 Å². The van der Waals surface area contributed by atoms with Crippen LogP contribution in [0.15, 0.2) is 47.4 Å². The Kier molecular flexibility index (Phi) is 5.34. The zero-order chi connectivity index (χ0) is 18.8. The van der Waals surface area contributed by atoms with Crippen LogP contribution in [0.25, 0.3) is 0 Å². The van der Waals surface area contributed by atoms with E-state index in [2.05, 4.69) is 31.0 Å². The molecule has 0 atom stereocenters. The molecule has 0 aliphatic heterocycles.